The molecule has 6 heteroatoms. The van der Waals surface area contributed by atoms with Crippen molar-refractivity contribution in [2.75, 3.05) is 52.5 Å². The molecule has 0 aromatic heterocycles. The van der Waals surface area contributed by atoms with E-state index in [0.717, 1.165) is 39.3 Å². The van der Waals surface area contributed by atoms with Crippen molar-refractivity contribution in [1.29, 1.82) is 0 Å². The normalized spacial score (nSPS) is 15.7. The Hall–Kier alpha value is -1.14. The van der Waals surface area contributed by atoms with E-state index in [1.54, 1.807) is 11.8 Å². The number of amides is 1. The number of morpholine rings is 1. The number of hydrogen-bond donors (Lipinski definition) is 0. The maximum atomic E-state index is 12.1. The molecule has 1 heterocycles. The van der Waals surface area contributed by atoms with E-state index in [-0.39, 0.29) is 18.3 Å². The first kappa shape index (κ1) is 17.9. The molecule has 0 spiro atoms. The van der Waals surface area contributed by atoms with Gasteiger partial charge >= 0.3 is 5.97 Å². The van der Waals surface area contributed by atoms with Crippen LogP contribution >= 0.6 is 0 Å². The molecule has 0 atom stereocenters. The van der Waals surface area contributed by atoms with Crippen molar-refractivity contribution in [2.45, 2.75) is 33.1 Å². The number of ether oxygens (including phenoxy) is 2. The zero-order valence-corrected chi connectivity index (χ0v) is 13.3. The van der Waals surface area contributed by atoms with Crippen LogP contribution in [0.1, 0.15) is 33.1 Å². The van der Waals surface area contributed by atoms with Crippen LogP contribution in [0, 0.1) is 0 Å². The molecule has 1 saturated heterocycles. The highest BCUT2D eigenvalue weighted by molar-refractivity contribution is 5.77. The van der Waals surface area contributed by atoms with E-state index in [1.807, 2.05) is 6.92 Å². The molecule has 0 bridgehead atoms. The van der Waals surface area contributed by atoms with Crippen LogP contribution in [0.3, 0.4) is 0 Å². The Morgan fingerprint density at radius 1 is 1.14 bits per heavy atom. The molecular weight excluding hydrogens is 272 g/mol. The zero-order chi connectivity index (χ0) is 15.5. The summed E-state index contributed by atoms with van der Waals surface area (Å²) in [6.07, 6.45) is 1.63. The lowest BCUT2D eigenvalue weighted by Crippen LogP contribution is -2.43. The van der Waals surface area contributed by atoms with E-state index in [2.05, 4.69) is 4.90 Å². The predicted molar refractivity (Wildman–Crippen MR) is 80.0 cm³/mol. The van der Waals surface area contributed by atoms with Crippen molar-refractivity contribution in [1.82, 2.24) is 9.80 Å². The molecule has 0 aliphatic carbocycles. The fraction of sp³-hybridized carbons (Fsp3) is 0.867. The van der Waals surface area contributed by atoms with E-state index in [0.29, 0.717) is 26.1 Å². The predicted octanol–water partition coefficient (Wildman–Crippen LogP) is 0.901. The van der Waals surface area contributed by atoms with Gasteiger partial charge in [0.05, 0.1) is 26.2 Å². The van der Waals surface area contributed by atoms with Crippen LogP contribution in [0.25, 0.3) is 0 Å². The van der Waals surface area contributed by atoms with Crippen LogP contribution in [0.2, 0.25) is 0 Å². The summed E-state index contributed by atoms with van der Waals surface area (Å²) in [7, 11) is 0. The number of hydrogen-bond acceptors (Lipinski definition) is 5. The molecule has 0 aromatic rings. The number of nitrogens with zero attached hydrogens (tertiary/aromatic N) is 2. The van der Waals surface area contributed by atoms with Gasteiger partial charge in [-0.25, -0.2) is 0 Å². The van der Waals surface area contributed by atoms with E-state index in [4.69, 9.17) is 9.47 Å². The zero-order valence-electron chi connectivity index (χ0n) is 13.3. The summed E-state index contributed by atoms with van der Waals surface area (Å²) in [6, 6.07) is 0. The Morgan fingerprint density at radius 2 is 1.86 bits per heavy atom. The molecular formula is C15H28N2O4. The highest BCUT2D eigenvalue weighted by atomic mass is 16.5. The van der Waals surface area contributed by atoms with Crippen molar-refractivity contribution >= 4 is 11.9 Å². The highest BCUT2D eigenvalue weighted by Gasteiger charge is 2.17. The van der Waals surface area contributed by atoms with Gasteiger partial charge in [0.2, 0.25) is 5.91 Å². The van der Waals surface area contributed by atoms with Gasteiger partial charge in [-0.3, -0.25) is 14.5 Å². The number of rotatable bonds is 9. The SMILES string of the molecule is CCCC(=O)N(CCC(=O)OCC)CCN1CCOCC1. The first-order valence-electron chi connectivity index (χ1n) is 7.90. The fourth-order valence-corrected chi connectivity index (χ4v) is 2.28. The van der Waals surface area contributed by atoms with Gasteiger partial charge in [-0.05, 0) is 13.3 Å². The van der Waals surface area contributed by atoms with Gasteiger partial charge in [-0.1, -0.05) is 6.92 Å². The number of carbonyl (C=O) groups is 2. The molecule has 0 saturated carbocycles. The highest BCUT2D eigenvalue weighted by Crippen LogP contribution is 2.03. The Balaban J connectivity index is 2.39. The maximum absolute atomic E-state index is 12.1. The minimum atomic E-state index is -0.238. The lowest BCUT2D eigenvalue weighted by Gasteiger charge is -2.30. The molecule has 1 rings (SSSR count). The summed E-state index contributed by atoms with van der Waals surface area (Å²) in [5.74, 6) is -0.117. The smallest absolute Gasteiger partial charge is 0.307 e. The molecule has 0 aromatic carbocycles. The lowest BCUT2D eigenvalue weighted by molar-refractivity contribution is -0.144. The Bertz CT molecular complexity index is 317. The molecule has 0 N–H and O–H groups in total. The molecule has 0 unspecified atom stereocenters. The molecule has 21 heavy (non-hydrogen) atoms. The fourth-order valence-electron chi connectivity index (χ4n) is 2.28. The maximum Gasteiger partial charge on any atom is 0.307 e. The van der Waals surface area contributed by atoms with Gasteiger partial charge in [-0.15, -0.1) is 0 Å². The third kappa shape index (κ3) is 7.43. The summed E-state index contributed by atoms with van der Waals surface area (Å²) in [4.78, 5) is 27.6. The summed E-state index contributed by atoms with van der Waals surface area (Å²) in [6.45, 7) is 9.44. The number of esters is 1. The monoisotopic (exact) mass is 300 g/mol. The van der Waals surface area contributed by atoms with Gasteiger partial charge in [0.1, 0.15) is 0 Å². The second-order valence-electron chi connectivity index (χ2n) is 5.14. The standard InChI is InChI=1S/C15H28N2O4/c1-3-5-14(18)17(7-6-15(19)21-4-2)9-8-16-10-12-20-13-11-16/h3-13H2,1-2H3. The lowest BCUT2D eigenvalue weighted by atomic mass is 10.2. The van der Waals surface area contributed by atoms with Crippen molar-refractivity contribution < 1.29 is 19.1 Å². The molecule has 0 radical (unpaired) electrons. The van der Waals surface area contributed by atoms with Gasteiger partial charge in [0, 0.05) is 39.1 Å². The molecule has 1 fully saturated rings. The van der Waals surface area contributed by atoms with Crippen molar-refractivity contribution in [3.8, 4) is 0 Å². The molecule has 1 aliphatic rings. The van der Waals surface area contributed by atoms with Crippen LogP contribution in [0.5, 0.6) is 0 Å². The van der Waals surface area contributed by atoms with E-state index >= 15 is 0 Å². The van der Waals surface area contributed by atoms with Gasteiger partial charge in [0.15, 0.2) is 0 Å². The Labute approximate surface area is 127 Å². The van der Waals surface area contributed by atoms with E-state index in [9.17, 15) is 9.59 Å². The summed E-state index contributed by atoms with van der Waals surface area (Å²) in [5.41, 5.74) is 0. The van der Waals surface area contributed by atoms with Crippen LogP contribution in [0.4, 0.5) is 0 Å². The topological polar surface area (TPSA) is 59.1 Å². The minimum absolute atomic E-state index is 0.120. The van der Waals surface area contributed by atoms with Crippen LogP contribution in [-0.2, 0) is 19.1 Å². The largest absolute Gasteiger partial charge is 0.466 e. The Morgan fingerprint density at radius 3 is 2.48 bits per heavy atom. The first-order valence-corrected chi connectivity index (χ1v) is 7.90. The van der Waals surface area contributed by atoms with Crippen molar-refractivity contribution in [2.24, 2.45) is 0 Å². The van der Waals surface area contributed by atoms with Crippen molar-refractivity contribution in [3.63, 3.8) is 0 Å². The average molecular weight is 300 g/mol. The molecule has 1 aliphatic heterocycles. The molecule has 6 nitrogen and oxygen atoms in total. The molecule has 122 valence electrons. The van der Waals surface area contributed by atoms with Crippen LogP contribution in [-0.4, -0.2) is 74.2 Å². The summed E-state index contributed by atoms with van der Waals surface area (Å²) < 4.78 is 10.2. The summed E-state index contributed by atoms with van der Waals surface area (Å²) in [5, 5.41) is 0. The average Bonchev–Trinajstić information content (AvgIpc) is 2.48. The van der Waals surface area contributed by atoms with Gasteiger partial charge in [-0.2, -0.15) is 0 Å². The third-order valence-electron chi connectivity index (χ3n) is 3.50. The van der Waals surface area contributed by atoms with E-state index < -0.39 is 0 Å². The second-order valence-corrected chi connectivity index (χ2v) is 5.14. The number of carbonyl (C=O) groups excluding carboxylic acids is 2. The Kier molecular flexibility index (Phi) is 9.01. The summed E-state index contributed by atoms with van der Waals surface area (Å²) >= 11 is 0. The minimum Gasteiger partial charge on any atom is -0.466 e. The van der Waals surface area contributed by atoms with Crippen LogP contribution in [0.15, 0.2) is 0 Å². The van der Waals surface area contributed by atoms with E-state index in [1.165, 1.54) is 0 Å². The first-order chi connectivity index (χ1) is 10.2. The van der Waals surface area contributed by atoms with Gasteiger partial charge in [0.25, 0.3) is 0 Å². The third-order valence-corrected chi connectivity index (χ3v) is 3.50. The van der Waals surface area contributed by atoms with Crippen molar-refractivity contribution in [3.05, 3.63) is 0 Å². The van der Waals surface area contributed by atoms with Gasteiger partial charge < -0.3 is 14.4 Å². The van der Waals surface area contributed by atoms with Crippen LogP contribution < -0.4 is 0 Å². The quantitative estimate of drug-likeness (QED) is 0.592. The second kappa shape index (κ2) is 10.6. The molecule has 1 amide bonds.